The van der Waals surface area contributed by atoms with Crippen LogP contribution < -0.4 is 4.74 Å². The lowest BCUT2D eigenvalue weighted by molar-refractivity contribution is 0.103. The van der Waals surface area contributed by atoms with Crippen LogP contribution in [0.3, 0.4) is 0 Å². The summed E-state index contributed by atoms with van der Waals surface area (Å²) in [6.07, 6.45) is 1.60. The molecule has 0 unspecified atom stereocenters. The third kappa shape index (κ3) is 1.58. The Hall–Kier alpha value is -2.23. The predicted octanol–water partition coefficient (Wildman–Crippen LogP) is 2.34. The van der Waals surface area contributed by atoms with E-state index in [-0.39, 0.29) is 18.0 Å². The standard InChI is InChI=1S/C13H8FNO2/c14-8-3-4-12-10(6-8)13(16)9-2-1-5-15-11(9)7-17-12/h1-6H,7H2. The molecular formula is C13H8FNO2. The van der Waals surface area contributed by atoms with Crippen molar-refractivity contribution in [3.8, 4) is 5.75 Å². The molecule has 1 aliphatic heterocycles. The van der Waals surface area contributed by atoms with E-state index in [9.17, 15) is 9.18 Å². The van der Waals surface area contributed by atoms with Crippen LogP contribution in [0, 0.1) is 5.82 Å². The van der Waals surface area contributed by atoms with Crippen molar-refractivity contribution in [2.24, 2.45) is 0 Å². The molecule has 0 fully saturated rings. The van der Waals surface area contributed by atoms with Gasteiger partial charge in [0.2, 0.25) is 0 Å². The zero-order chi connectivity index (χ0) is 11.8. The second kappa shape index (κ2) is 3.66. The molecule has 4 heteroatoms. The summed E-state index contributed by atoms with van der Waals surface area (Å²) in [5.74, 6) is -0.303. The fourth-order valence-electron chi connectivity index (χ4n) is 1.86. The molecule has 0 saturated carbocycles. The fraction of sp³-hybridized carbons (Fsp3) is 0.0769. The van der Waals surface area contributed by atoms with Crippen molar-refractivity contribution in [3.05, 3.63) is 59.2 Å². The number of hydrogen-bond donors (Lipinski definition) is 0. The molecule has 3 rings (SSSR count). The molecule has 0 aliphatic carbocycles. The highest BCUT2D eigenvalue weighted by Crippen LogP contribution is 2.27. The molecule has 3 nitrogen and oxygen atoms in total. The minimum atomic E-state index is -0.451. The number of pyridine rings is 1. The number of ether oxygens (including phenoxy) is 1. The fourth-order valence-corrected chi connectivity index (χ4v) is 1.86. The number of hydrogen-bond acceptors (Lipinski definition) is 3. The number of ketones is 1. The minimum absolute atomic E-state index is 0.223. The largest absolute Gasteiger partial charge is 0.486 e. The Labute approximate surface area is 96.9 Å². The first-order valence-corrected chi connectivity index (χ1v) is 5.16. The van der Waals surface area contributed by atoms with Crippen molar-refractivity contribution >= 4 is 5.78 Å². The first-order valence-electron chi connectivity index (χ1n) is 5.16. The number of benzene rings is 1. The van der Waals surface area contributed by atoms with Gasteiger partial charge in [0.1, 0.15) is 18.2 Å². The first-order chi connectivity index (χ1) is 8.25. The Balaban J connectivity index is 2.22. The van der Waals surface area contributed by atoms with Gasteiger partial charge in [-0.3, -0.25) is 9.78 Å². The highest BCUT2D eigenvalue weighted by atomic mass is 19.1. The van der Waals surface area contributed by atoms with Crippen LogP contribution in [0.5, 0.6) is 5.75 Å². The average molecular weight is 229 g/mol. The van der Waals surface area contributed by atoms with E-state index in [1.54, 1.807) is 18.3 Å². The van der Waals surface area contributed by atoms with Crippen LogP contribution in [0.4, 0.5) is 4.39 Å². The molecule has 0 amide bonds. The maximum atomic E-state index is 13.2. The molecule has 1 aromatic heterocycles. The molecule has 0 bridgehead atoms. The van der Waals surface area contributed by atoms with Gasteiger partial charge in [-0.15, -0.1) is 0 Å². The van der Waals surface area contributed by atoms with Crippen molar-refractivity contribution in [1.82, 2.24) is 4.98 Å². The van der Waals surface area contributed by atoms with Gasteiger partial charge in [0, 0.05) is 11.8 Å². The number of aromatic nitrogens is 1. The third-order valence-electron chi connectivity index (χ3n) is 2.69. The predicted molar refractivity (Wildman–Crippen MR) is 58.4 cm³/mol. The first kappa shape index (κ1) is 9.96. The minimum Gasteiger partial charge on any atom is -0.486 e. The summed E-state index contributed by atoms with van der Waals surface area (Å²) in [6, 6.07) is 7.29. The van der Waals surface area contributed by atoms with Crippen LogP contribution in [-0.2, 0) is 6.61 Å². The van der Waals surface area contributed by atoms with Gasteiger partial charge in [-0.2, -0.15) is 0 Å². The number of fused-ring (bicyclic) bond motifs is 2. The quantitative estimate of drug-likeness (QED) is 0.696. The van der Waals surface area contributed by atoms with Crippen LogP contribution in [0.2, 0.25) is 0 Å². The summed E-state index contributed by atoms with van der Waals surface area (Å²) in [4.78, 5) is 16.3. The molecule has 84 valence electrons. The van der Waals surface area contributed by atoms with E-state index >= 15 is 0 Å². The van der Waals surface area contributed by atoms with Gasteiger partial charge in [-0.1, -0.05) is 0 Å². The Morgan fingerprint density at radius 2 is 2.12 bits per heavy atom. The van der Waals surface area contributed by atoms with E-state index in [1.807, 2.05) is 0 Å². The lowest BCUT2D eigenvalue weighted by Gasteiger charge is -2.04. The van der Waals surface area contributed by atoms with E-state index in [4.69, 9.17) is 4.74 Å². The Morgan fingerprint density at radius 1 is 1.24 bits per heavy atom. The number of halogens is 1. The van der Waals surface area contributed by atoms with Gasteiger partial charge in [-0.25, -0.2) is 4.39 Å². The van der Waals surface area contributed by atoms with Crippen molar-refractivity contribution in [1.29, 1.82) is 0 Å². The van der Waals surface area contributed by atoms with Crippen LogP contribution in [0.25, 0.3) is 0 Å². The summed E-state index contributed by atoms with van der Waals surface area (Å²) in [7, 11) is 0. The Bertz CT molecular complexity index is 610. The molecule has 0 saturated heterocycles. The van der Waals surface area contributed by atoms with E-state index in [1.165, 1.54) is 18.2 Å². The van der Waals surface area contributed by atoms with Crippen molar-refractivity contribution < 1.29 is 13.9 Å². The Kier molecular flexibility index (Phi) is 2.14. The summed E-state index contributed by atoms with van der Waals surface area (Å²) >= 11 is 0. The molecule has 0 N–H and O–H groups in total. The molecule has 17 heavy (non-hydrogen) atoms. The maximum absolute atomic E-state index is 13.2. The molecule has 2 aromatic rings. The summed E-state index contributed by atoms with van der Waals surface area (Å²) in [5, 5.41) is 0. The third-order valence-corrected chi connectivity index (χ3v) is 2.69. The molecule has 0 spiro atoms. The van der Waals surface area contributed by atoms with Crippen LogP contribution in [-0.4, -0.2) is 10.8 Å². The maximum Gasteiger partial charge on any atom is 0.198 e. The number of carbonyl (C=O) groups excluding carboxylic acids is 1. The SMILES string of the molecule is O=C1c2cc(F)ccc2OCc2ncccc21. The normalized spacial score (nSPS) is 13.4. The number of carbonyl (C=O) groups is 1. The smallest absolute Gasteiger partial charge is 0.198 e. The van der Waals surface area contributed by atoms with E-state index in [2.05, 4.69) is 4.98 Å². The van der Waals surface area contributed by atoms with Crippen molar-refractivity contribution in [2.75, 3.05) is 0 Å². The van der Waals surface area contributed by atoms with Crippen LogP contribution in [0.1, 0.15) is 21.6 Å². The van der Waals surface area contributed by atoms with Gasteiger partial charge in [0.15, 0.2) is 5.78 Å². The second-order valence-corrected chi connectivity index (χ2v) is 3.76. The lowest BCUT2D eigenvalue weighted by atomic mass is 10.0. The molecule has 0 atom stereocenters. The van der Waals surface area contributed by atoms with Gasteiger partial charge in [-0.05, 0) is 30.3 Å². The highest BCUT2D eigenvalue weighted by Gasteiger charge is 2.23. The van der Waals surface area contributed by atoms with E-state index in [0.717, 1.165) is 0 Å². The van der Waals surface area contributed by atoms with E-state index in [0.29, 0.717) is 17.0 Å². The molecule has 1 aromatic carbocycles. The molecule has 0 radical (unpaired) electrons. The van der Waals surface area contributed by atoms with Gasteiger partial charge in [0.05, 0.1) is 11.3 Å². The van der Waals surface area contributed by atoms with Crippen molar-refractivity contribution in [2.45, 2.75) is 6.61 Å². The summed E-state index contributed by atoms with van der Waals surface area (Å²) in [5.41, 5.74) is 1.29. The molecular weight excluding hydrogens is 221 g/mol. The van der Waals surface area contributed by atoms with Crippen LogP contribution >= 0.6 is 0 Å². The topological polar surface area (TPSA) is 39.2 Å². The average Bonchev–Trinajstić information content (AvgIpc) is 2.49. The molecule has 2 heterocycles. The van der Waals surface area contributed by atoms with Gasteiger partial charge >= 0.3 is 0 Å². The monoisotopic (exact) mass is 229 g/mol. The van der Waals surface area contributed by atoms with Crippen molar-refractivity contribution in [3.63, 3.8) is 0 Å². The second-order valence-electron chi connectivity index (χ2n) is 3.76. The van der Waals surface area contributed by atoms with Gasteiger partial charge < -0.3 is 4.74 Å². The van der Waals surface area contributed by atoms with Gasteiger partial charge in [0.25, 0.3) is 0 Å². The lowest BCUT2D eigenvalue weighted by Crippen LogP contribution is -2.04. The van der Waals surface area contributed by atoms with E-state index < -0.39 is 5.82 Å². The zero-order valence-electron chi connectivity index (χ0n) is 8.81. The number of nitrogens with zero attached hydrogens (tertiary/aromatic N) is 1. The highest BCUT2D eigenvalue weighted by molar-refractivity contribution is 6.11. The summed E-state index contributed by atoms with van der Waals surface area (Å²) in [6.45, 7) is 0.223. The molecule has 1 aliphatic rings. The van der Waals surface area contributed by atoms with Crippen LogP contribution in [0.15, 0.2) is 36.5 Å². The summed E-state index contributed by atoms with van der Waals surface area (Å²) < 4.78 is 18.6. The zero-order valence-corrected chi connectivity index (χ0v) is 8.81. The number of rotatable bonds is 0. The Morgan fingerprint density at radius 3 is 3.00 bits per heavy atom.